The fourth-order valence-electron chi connectivity index (χ4n) is 2.07. The van der Waals surface area contributed by atoms with Crippen molar-refractivity contribution in [1.29, 1.82) is 0 Å². The number of amides is 1. The number of carbonyl (C=O) groups is 1. The first kappa shape index (κ1) is 12.2. The molecule has 7 heteroatoms. The molecule has 0 unspecified atom stereocenters. The topological polar surface area (TPSA) is 70.8 Å². The van der Waals surface area contributed by atoms with Crippen LogP contribution in [-0.4, -0.2) is 43.1 Å². The van der Waals surface area contributed by atoms with Gasteiger partial charge in [-0.2, -0.15) is 12.7 Å². The number of rotatable bonds is 1. The smallest absolute Gasteiger partial charge is 0.306 e. The van der Waals surface area contributed by atoms with Crippen LogP contribution in [0.15, 0.2) is 34.9 Å². The highest BCUT2D eigenvalue weighted by atomic mass is 32.2. The average Bonchev–Trinajstić information content (AvgIpc) is 2.94. The van der Waals surface area contributed by atoms with E-state index in [0.29, 0.717) is 17.7 Å². The zero-order valence-corrected chi connectivity index (χ0v) is 11.1. The molecule has 100 valence electrons. The van der Waals surface area contributed by atoms with Gasteiger partial charge in [-0.15, -0.1) is 0 Å². The Hall–Kier alpha value is -1.86. The Bertz CT molecular complexity index is 750. The van der Waals surface area contributed by atoms with Gasteiger partial charge in [-0.3, -0.25) is 4.79 Å². The third-order valence-electron chi connectivity index (χ3n) is 3.22. The molecule has 0 radical (unpaired) electrons. The van der Waals surface area contributed by atoms with Crippen LogP contribution >= 0.6 is 0 Å². The van der Waals surface area contributed by atoms with Gasteiger partial charge in [0.15, 0.2) is 0 Å². The molecule has 0 bridgehead atoms. The van der Waals surface area contributed by atoms with Crippen molar-refractivity contribution in [2.75, 3.05) is 20.1 Å². The maximum Gasteiger partial charge on any atom is 0.306 e. The summed E-state index contributed by atoms with van der Waals surface area (Å²) < 4.78 is 31.1. The molecule has 6 nitrogen and oxygen atoms in total. The molecule has 2 aromatic rings. The van der Waals surface area contributed by atoms with Crippen LogP contribution in [0.4, 0.5) is 0 Å². The van der Waals surface area contributed by atoms with Gasteiger partial charge in [0, 0.05) is 24.5 Å². The second-order valence-corrected chi connectivity index (χ2v) is 6.34. The number of carbonyl (C=O) groups excluding carboxylic acids is 1. The number of furan rings is 1. The highest BCUT2D eigenvalue weighted by Gasteiger charge is 2.37. The summed E-state index contributed by atoms with van der Waals surface area (Å²) in [6, 6.07) is 6.68. The summed E-state index contributed by atoms with van der Waals surface area (Å²) in [6.45, 7) is 0.491. The third kappa shape index (κ3) is 1.82. The van der Waals surface area contributed by atoms with Crippen molar-refractivity contribution in [2.24, 2.45) is 0 Å². The van der Waals surface area contributed by atoms with E-state index in [2.05, 4.69) is 0 Å². The third-order valence-corrected chi connectivity index (χ3v) is 5.10. The van der Waals surface area contributed by atoms with Crippen LogP contribution in [0.2, 0.25) is 0 Å². The predicted octanol–water partition coefficient (Wildman–Crippen LogP) is 1.07. The zero-order valence-electron chi connectivity index (χ0n) is 10.2. The molecular weight excluding hydrogens is 268 g/mol. The quantitative estimate of drug-likeness (QED) is 0.783. The van der Waals surface area contributed by atoms with E-state index < -0.39 is 16.1 Å². The van der Waals surface area contributed by atoms with Crippen LogP contribution in [-0.2, 0) is 10.2 Å². The van der Waals surface area contributed by atoms with Crippen molar-refractivity contribution in [1.82, 2.24) is 8.61 Å². The average molecular weight is 280 g/mol. The molecule has 1 aromatic heterocycles. The van der Waals surface area contributed by atoms with Crippen molar-refractivity contribution >= 4 is 27.1 Å². The van der Waals surface area contributed by atoms with Crippen molar-refractivity contribution in [3.8, 4) is 0 Å². The van der Waals surface area contributed by atoms with Crippen molar-refractivity contribution in [3.05, 3.63) is 36.1 Å². The first-order valence-corrected chi connectivity index (χ1v) is 7.15. The maximum atomic E-state index is 12.3. The minimum Gasteiger partial charge on any atom is -0.464 e. The number of hydrogen-bond acceptors (Lipinski definition) is 4. The van der Waals surface area contributed by atoms with Crippen LogP contribution in [0.5, 0.6) is 0 Å². The van der Waals surface area contributed by atoms with E-state index in [0.717, 1.165) is 14.0 Å². The van der Waals surface area contributed by atoms with Crippen LogP contribution in [0.25, 0.3) is 11.0 Å². The molecule has 0 spiro atoms. The summed E-state index contributed by atoms with van der Waals surface area (Å²) in [6.07, 6.45) is 1.53. The Morgan fingerprint density at radius 2 is 2.05 bits per heavy atom. The van der Waals surface area contributed by atoms with Gasteiger partial charge in [-0.1, -0.05) is 6.07 Å². The minimum absolute atomic E-state index is 0.174. The Morgan fingerprint density at radius 1 is 1.26 bits per heavy atom. The number of benzene rings is 1. The molecule has 0 atom stereocenters. The minimum atomic E-state index is -3.67. The summed E-state index contributed by atoms with van der Waals surface area (Å²) in [5.41, 5.74) is 0.872. The SMILES string of the molecule is CN1CCN(C(=O)c2ccc3ccoc3c2)S1(=O)=O. The van der Waals surface area contributed by atoms with E-state index in [4.69, 9.17) is 4.42 Å². The van der Waals surface area contributed by atoms with Gasteiger partial charge in [0.25, 0.3) is 5.91 Å². The van der Waals surface area contributed by atoms with Crippen molar-refractivity contribution in [3.63, 3.8) is 0 Å². The molecule has 1 aromatic carbocycles. The summed E-state index contributed by atoms with van der Waals surface area (Å²) in [5.74, 6) is -0.525. The molecule has 0 aliphatic carbocycles. The fourth-order valence-corrected chi connectivity index (χ4v) is 3.34. The highest BCUT2D eigenvalue weighted by Crippen LogP contribution is 2.21. The standard InChI is InChI=1S/C12H12N2O4S/c1-13-5-6-14(19(13,16)17)12(15)10-3-2-9-4-7-18-11(9)8-10/h2-4,7-8H,5-6H2,1H3. The second-order valence-electron chi connectivity index (χ2n) is 4.38. The Kier molecular flexibility index (Phi) is 2.61. The number of hydrogen-bond donors (Lipinski definition) is 0. The summed E-state index contributed by atoms with van der Waals surface area (Å²) in [7, 11) is -2.21. The van der Waals surface area contributed by atoms with Gasteiger partial charge in [-0.25, -0.2) is 4.31 Å². The zero-order chi connectivity index (χ0) is 13.6. The summed E-state index contributed by atoms with van der Waals surface area (Å²) >= 11 is 0. The molecule has 1 aliphatic heterocycles. The molecule has 0 N–H and O–H groups in total. The van der Waals surface area contributed by atoms with E-state index in [1.165, 1.54) is 13.3 Å². The highest BCUT2D eigenvalue weighted by molar-refractivity contribution is 7.87. The Balaban J connectivity index is 2.00. The second kappa shape index (κ2) is 4.07. The van der Waals surface area contributed by atoms with Crippen LogP contribution < -0.4 is 0 Å². The molecule has 1 fully saturated rings. The van der Waals surface area contributed by atoms with E-state index in [-0.39, 0.29) is 6.54 Å². The molecule has 1 aliphatic rings. The molecule has 2 heterocycles. The number of likely N-dealkylation sites (N-methyl/N-ethyl adjacent to an activating group) is 1. The first-order chi connectivity index (χ1) is 9.00. The maximum absolute atomic E-state index is 12.3. The van der Waals surface area contributed by atoms with Crippen LogP contribution in [0.1, 0.15) is 10.4 Å². The van der Waals surface area contributed by atoms with Crippen molar-refractivity contribution < 1.29 is 17.6 Å². The van der Waals surface area contributed by atoms with Gasteiger partial charge in [0.05, 0.1) is 12.8 Å². The molecule has 19 heavy (non-hydrogen) atoms. The lowest BCUT2D eigenvalue weighted by Gasteiger charge is -2.15. The molecule has 1 saturated heterocycles. The van der Waals surface area contributed by atoms with Gasteiger partial charge in [-0.05, 0) is 18.2 Å². The van der Waals surface area contributed by atoms with Crippen LogP contribution in [0, 0.1) is 0 Å². The summed E-state index contributed by atoms with van der Waals surface area (Å²) in [4.78, 5) is 12.3. The van der Waals surface area contributed by atoms with Gasteiger partial charge >= 0.3 is 10.2 Å². The number of nitrogens with zero attached hydrogens (tertiary/aromatic N) is 2. The molecule has 0 saturated carbocycles. The lowest BCUT2D eigenvalue weighted by Crippen LogP contribution is -2.35. The fraction of sp³-hybridized carbons (Fsp3) is 0.250. The summed E-state index contributed by atoms with van der Waals surface area (Å²) in [5, 5.41) is 0.873. The Morgan fingerprint density at radius 3 is 2.74 bits per heavy atom. The molecule has 1 amide bonds. The van der Waals surface area contributed by atoms with Crippen LogP contribution in [0.3, 0.4) is 0 Å². The largest absolute Gasteiger partial charge is 0.464 e. The Labute approximate surface area is 110 Å². The number of fused-ring (bicyclic) bond motifs is 1. The lowest BCUT2D eigenvalue weighted by atomic mass is 10.1. The first-order valence-electron chi connectivity index (χ1n) is 5.76. The van der Waals surface area contributed by atoms with E-state index in [1.54, 1.807) is 24.3 Å². The van der Waals surface area contributed by atoms with Gasteiger partial charge in [0.2, 0.25) is 0 Å². The lowest BCUT2D eigenvalue weighted by molar-refractivity contribution is 0.0872. The van der Waals surface area contributed by atoms with Gasteiger partial charge in [0.1, 0.15) is 5.58 Å². The van der Waals surface area contributed by atoms with Crippen molar-refractivity contribution in [2.45, 2.75) is 0 Å². The monoisotopic (exact) mass is 280 g/mol. The van der Waals surface area contributed by atoms with Gasteiger partial charge < -0.3 is 4.42 Å². The van der Waals surface area contributed by atoms with E-state index >= 15 is 0 Å². The van der Waals surface area contributed by atoms with E-state index in [1.807, 2.05) is 0 Å². The normalized spacial score (nSPS) is 19.1. The molecule has 3 rings (SSSR count). The predicted molar refractivity (Wildman–Crippen MR) is 68.8 cm³/mol. The molecular formula is C12H12N2O4S. The van der Waals surface area contributed by atoms with E-state index in [9.17, 15) is 13.2 Å².